The molecule has 28 heavy (non-hydrogen) atoms. The molecule has 0 radical (unpaired) electrons. The van der Waals surface area contributed by atoms with Crippen molar-refractivity contribution in [3.8, 4) is 5.69 Å². The van der Waals surface area contributed by atoms with Crippen LogP contribution in [0.2, 0.25) is 0 Å². The second-order valence-electron chi connectivity index (χ2n) is 6.62. The molecule has 1 fully saturated rings. The van der Waals surface area contributed by atoms with Gasteiger partial charge >= 0.3 is 5.97 Å². The summed E-state index contributed by atoms with van der Waals surface area (Å²) >= 11 is 0. The molecule has 0 bridgehead atoms. The second kappa shape index (κ2) is 8.04. The molecule has 142 valence electrons. The molecule has 7 nitrogen and oxygen atoms in total. The summed E-state index contributed by atoms with van der Waals surface area (Å²) in [6.45, 7) is 1.40. The quantitative estimate of drug-likeness (QED) is 0.640. The van der Waals surface area contributed by atoms with Gasteiger partial charge in [0, 0.05) is 18.7 Å². The van der Waals surface area contributed by atoms with E-state index in [-0.39, 0.29) is 5.91 Å². The van der Waals surface area contributed by atoms with Gasteiger partial charge in [-0.25, -0.2) is 14.5 Å². The number of hydrogen-bond acceptors (Lipinski definition) is 5. The monoisotopic (exact) mass is 376 g/mol. The van der Waals surface area contributed by atoms with Gasteiger partial charge in [-0.1, -0.05) is 30.3 Å². The summed E-state index contributed by atoms with van der Waals surface area (Å²) in [6.07, 6.45) is 4.03. The Morgan fingerprint density at radius 3 is 2.32 bits per heavy atom. The Morgan fingerprint density at radius 2 is 1.68 bits per heavy atom. The molecule has 1 amide bonds. The minimum Gasteiger partial charge on any atom is -0.444 e. The lowest BCUT2D eigenvalue weighted by Gasteiger charge is -2.23. The molecule has 3 aromatic rings. The molecule has 1 aliphatic rings. The first-order valence-electron chi connectivity index (χ1n) is 9.22. The third-order valence-corrected chi connectivity index (χ3v) is 4.76. The van der Waals surface area contributed by atoms with Gasteiger partial charge in [0.2, 0.25) is 6.10 Å². The summed E-state index contributed by atoms with van der Waals surface area (Å²) in [6, 6.07) is 16.0. The van der Waals surface area contributed by atoms with Crippen molar-refractivity contribution in [3.05, 3.63) is 78.4 Å². The summed E-state index contributed by atoms with van der Waals surface area (Å²) in [5, 5.41) is 4.06. The van der Waals surface area contributed by atoms with Gasteiger partial charge in [0.1, 0.15) is 12.7 Å². The van der Waals surface area contributed by atoms with Gasteiger partial charge < -0.3 is 9.64 Å². The van der Waals surface area contributed by atoms with E-state index in [1.54, 1.807) is 52.3 Å². The van der Waals surface area contributed by atoms with Gasteiger partial charge in [-0.3, -0.25) is 4.79 Å². The van der Waals surface area contributed by atoms with Crippen LogP contribution < -0.4 is 0 Å². The van der Waals surface area contributed by atoms with E-state index in [1.807, 2.05) is 18.2 Å². The van der Waals surface area contributed by atoms with Crippen LogP contribution in [0.5, 0.6) is 0 Å². The zero-order valence-electron chi connectivity index (χ0n) is 15.3. The third-order valence-electron chi connectivity index (χ3n) is 4.76. The molecule has 1 atom stereocenters. The van der Waals surface area contributed by atoms with Gasteiger partial charge in [0.25, 0.3) is 5.91 Å². The summed E-state index contributed by atoms with van der Waals surface area (Å²) < 4.78 is 7.26. The van der Waals surface area contributed by atoms with Gasteiger partial charge in [-0.2, -0.15) is 5.10 Å². The molecule has 0 spiro atoms. The second-order valence-corrected chi connectivity index (χ2v) is 6.62. The number of likely N-dealkylation sites (tertiary alicyclic amines) is 1. The van der Waals surface area contributed by atoms with E-state index in [1.165, 1.54) is 6.33 Å². The number of amides is 1. The van der Waals surface area contributed by atoms with Crippen LogP contribution in [0.25, 0.3) is 5.69 Å². The SMILES string of the molecule is O=C(O[C@@H](C(=O)N1CCCC1)c1ccccc1)c1ccc(-n2cncn2)cc1. The molecular formula is C21H20N4O3. The fourth-order valence-electron chi connectivity index (χ4n) is 3.26. The van der Waals surface area contributed by atoms with Crippen LogP contribution in [0, 0.1) is 0 Å². The number of esters is 1. The Morgan fingerprint density at radius 1 is 0.964 bits per heavy atom. The van der Waals surface area contributed by atoms with Gasteiger partial charge in [0.15, 0.2) is 0 Å². The number of benzene rings is 2. The van der Waals surface area contributed by atoms with Gasteiger partial charge in [-0.05, 0) is 37.1 Å². The largest absolute Gasteiger partial charge is 0.444 e. The molecule has 1 aliphatic heterocycles. The summed E-state index contributed by atoms with van der Waals surface area (Å²) in [5.41, 5.74) is 1.83. The van der Waals surface area contributed by atoms with Crippen molar-refractivity contribution >= 4 is 11.9 Å². The van der Waals surface area contributed by atoms with Gasteiger partial charge in [-0.15, -0.1) is 0 Å². The Labute approximate surface area is 162 Å². The summed E-state index contributed by atoms with van der Waals surface area (Å²) in [5.74, 6) is -0.706. The average Bonchev–Trinajstić information content (AvgIpc) is 3.46. The highest BCUT2D eigenvalue weighted by Gasteiger charge is 2.31. The number of nitrogens with zero attached hydrogens (tertiary/aromatic N) is 4. The maximum atomic E-state index is 13.0. The van der Waals surface area contributed by atoms with Crippen LogP contribution in [0.1, 0.15) is 34.9 Å². The van der Waals surface area contributed by atoms with Crippen molar-refractivity contribution in [1.29, 1.82) is 0 Å². The highest BCUT2D eigenvalue weighted by atomic mass is 16.5. The fraction of sp³-hybridized carbons (Fsp3) is 0.238. The highest BCUT2D eigenvalue weighted by molar-refractivity contribution is 5.93. The van der Waals surface area contributed by atoms with Crippen molar-refractivity contribution in [2.45, 2.75) is 18.9 Å². The van der Waals surface area contributed by atoms with Crippen molar-refractivity contribution in [2.75, 3.05) is 13.1 Å². The lowest BCUT2D eigenvalue weighted by atomic mass is 10.1. The van der Waals surface area contributed by atoms with Crippen LogP contribution in [-0.2, 0) is 9.53 Å². The Bertz CT molecular complexity index is 934. The summed E-state index contributed by atoms with van der Waals surface area (Å²) in [4.78, 5) is 31.3. The van der Waals surface area contributed by atoms with E-state index in [9.17, 15) is 9.59 Å². The van der Waals surface area contributed by atoms with Crippen LogP contribution in [0.15, 0.2) is 67.3 Å². The molecule has 7 heteroatoms. The number of ether oxygens (including phenoxy) is 1. The first-order valence-corrected chi connectivity index (χ1v) is 9.22. The predicted molar refractivity (Wildman–Crippen MR) is 102 cm³/mol. The molecule has 0 unspecified atom stereocenters. The molecule has 0 N–H and O–H groups in total. The maximum Gasteiger partial charge on any atom is 0.339 e. The van der Waals surface area contributed by atoms with E-state index in [4.69, 9.17) is 4.74 Å². The maximum absolute atomic E-state index is 13.0. The number of carbonyl (C=O) groups is 2. The van der Waals surface area contributed by atoms with Crippen LogP contribution in [-0.4, -0.2) is 44.6 Å². The van der Waals surface area contributed by atoms with Gasteiger partial charge in [0.05, 0.1) is 11.3 Å². The molecule has 2 heterocycles. The summed E-state index contributed by atoms with van der Waals surface area (Å²) in [7, 11) is 0. The highest BCUT2D eigenvalue weighted by Crippen LogP contribution is 2.24. The zero-order chi connectivity index (χ0) is 19.3. The van der Waals surface area contributed by atoms with Crippen LogP contribution in [0.3, 0.4) is 0 Å². The van der Waals surface area contributed by atoms with Crippen molar-refractivity contribution in [3.63, 3.8) is 0 Å². The standard InChI is InChI=1S/C21H20N4O3/c26-20(24-12-4-5-13-24)19(16-6-2-1-3-7-16)28-21(27)17-8-10-18(11-9-17)25-15-22-14-23-25/h1-3,6-11,14-15,19H,4-5,12-13H2/t19-/m1/s1. The number of rotatable bonds is 5. The smallest absolute Gasteiger partial charge is 0.339 e. The normalized spacial score (nSPS) is 14.6. The first-order chi connectivity index (χ1) is 13.7. The molecule has 2 aromatic carbocycles. The van der Waals surface area contributed by atoms with E-state index in [2.05, 4.69) is 10.1 Å². The Hall–Kier alpha value is -3.48. The average molecular weight is 376 g/mol. The molecule has 0 aliphatic carbocycles. The predicted octanol–water partition coefficient (Wildman–Crippen LogP) is 2.79. The minimum atomic E-state index is -0.943. The zero-order valence-corrected chi connectivity index (χ0v) is 15.3. The lowest BCUT2D eigenvalue weighted by molar-refractivity contribution is -0.140. The fourth-order valence-corrected chi connectivity index (χ4v) is 3.26. The molecule has 1 aromatic heterocycles. The van der Waals surface area contributed by atoms with E-state index in [0.717, 1.165) is 18.5 Å². The minimum absolute atomic E-state index is 0.170. The molecule has 4 rings (SSSR count). The topological polar surface area (TPSA) is 77.3 Å². The number of carbonyl (C=O) groups excluding carboxylic acids is 2. The van der Waals surface area contributed by atoms with Crippen LogP contribution >= 0.6 is 0 Å². The van der Waals surface area contributed by atoms with Crippen molar-refractivity contribution < 1.29 is 14.3 Å². The van der Waals surface area contributed by atoms with Crippen molar-refractivity contribution in [2.24, 2.45) is 0 Å². The Kier molecular flexibility index (Phi) is 5.14. The molecule has 1 saturated heterocycles. The van der Waals surface area contributed by atoms with Crippen molar-refractivity contribution in [1.82, 2.24) is 19.7 Å². The van der Waals surface area contributed by atoms with E-state index >= 15 is 0 Å². The Balaban J connectivity index is 1.54. The van der Waals surface area contributed by atoms with E-state index in [0.29, 0.717) is 24.2 Å². The van der Waals surface area contributed by atoms with E-state index < -0.39 is 12.1 Å². The number of hydrogen-bond donors (Lipinski definition) is 0. The lowest BCUT2D eigenvalue weighted by Crippen LogP contribution is -2.34. The first kappa shape index (κ1) is 17.9. The molecular weight excluding hydrogens is 356 g/mol. The van der Waals surface area contributed by atoms with Crippen LogP contribution in [0.4, 0.5) is 0 Å². The third kappa shape index (κ3) is 3.78. The molecule has 0 saturated carbocycles. The number of aromatic nitrogens is 3.